The fourth-order valence-electron chi connectivity index (χ4n) is 2.32. The van der Waals surface area contributed by atoms with E-state index in [0.29, 0.717) is 18.0 Å². The molecule has 1 aliphatic rings. The van der Waals surface area contributed by atoms with Gasteiger partial charge in [0.2, 0.25) is 5.91 Å². The van der Waals surface area contributed by atoms with Crippen molar-refractivity contribution in [1.82, 2.24) is 9.78 Å². The second-order valence-electron chi connectivity index (χ2n) is 5.15. The molecular formula is C14H15N5O4. The van der Waals surface area contributed by atoms with Crippen LogP contribution < -0.4 is 15.0 Å². The number of ether oxygens (including phenoxy) is 1. The van der Waals surface area contributed by atoms with Gasteiger partial charge in [-0.05, 0) is 12.1 Å². The minimum atomic E-state index is -0.557. The summed E-state index contributed by atoms with van der Waals surface area (Å²) in [4.78, 5) is 24.1. The first-order chi connectivity index (χ1) is 11.0. The molecule has 1 aliphatic heterocycles. The number of nitrogens with zero attached hydrogens (tertiary/aromatic N) is 4. The van der Waals surface area contributed by atoms with Crippen LogP contribution in [0.1, 0.15) is 0 Å². The first kappa shape index (κ1) is 14.8. The van der Waals surface area contributed by atoms with Gasteiger partial charge in [-0.2, -0.15) is 5.10 Å². The van der Waals surface area contributed by atoms with Crippen LogP contribution in [0, 0.1) is 10.1 Å². The average molecular weight is 317 g/mol. The first-order valence-electron chi connectivity index (χ1n) is 6.97. The molecule has 1 N–H and O–H groups in total. The first-order valence-corrected chi connectivity index (χ1v) is 6.97. The van der Waals surface area contributed by atoms with E-state index in [1.165, 1.54) is 10.9 Å². The van der Waals surface area contributed by atoms with E-state index in [4.69, 9.17) is 4.74 Å². The van der Waals surface area contributed by atoms with Gasteiger partial charge in [0.05, 0.1) is 17.2 Å². The number of aromatic nitrogens is 2. The zero-order chi connectivity index (χ0) is 16.4. The van der Waals surface area contributed by atoms with Crippen LogP contribution in [-0.2, 0) is 11.3 Å². The van der Waals surface area contributed by atoms with Crippen molar-refractivity contribution in [1.29, 1.82) is 0 Å². The van der Waals surface area contributed by atoms with Crippen molar-refractivity contribution in [3.63, 3.8) is 0 Å². The monoisotopic (exact) mass is 317 g/mol. The second kappa shape index (κ2) is 5.95. The van der Waals surface area contributed by atoms with Gasteiger partial charge in [-0.25, -0.2) is 0 Å². The summed E-state index contributed by atoms with van der Waals surface area (Å²) >= 11 is 0. The van der Waals surface area contributed by atoms with Gasteiger partial charge in [-0.3, -0.25) is 19.6 Å². The minimum absolute atomic E-state index is 0.105. The molecule has 0 radical (unpaired) electrons. The summed E-state index contributed by atoms with van der Waals surface area (Å²) in [6.45, 7) is 1.31. The Morgan fingerprint density at radius 1 is 1.52 bits per heavy atom. The molecule has 1 amide bonds. The van der Waals surface area contributed by atoms with Gasteiger partial charge in [0, 0.05) is 18.8 Å². The van der Waals surface area contributed by atoms with Crippen LogP contribution in [0.3, 0.4) is 0 Å². The number of anilines is 2. The molecular weight excluding hydrogens is 302 g/mol. The van der Waals surface area contributed by atoms with E-state index >= 15 is 0 Å². The lowest BCUT2D eigenvalue weighted by Crippen LogP contribution is -2.28. The number of carbonyl (C=O) groups is 1. The normalized spacial score (nSPS) is 13.2. The molecule has 9 nitrogen and oxygen atoms in total. The van der Waals surface area contributed by atoms with Gasteiger partial charge in [0.25, 0.3) is 0 Å². The van der Waals surface area contributed by atoms with Crippen LogP contribution in [-0.4, -0.2) is 40.8 Å². The van der Waals surface area contributed by atoms with Gasteiger partial charge in [-0.15, -0.1) is 0 Å². The Balaban J connectivity index is 1.66. The summed E-state index contributed by atoms with van der Waals surface area (Å²) in [7, 11) is 1.98. The zero-order valence-corrected chi connectivity index (χ0v) is 12.4. The average Bonchev–Trinajstić information content (AvgIpc) is 2.96. The van der Waals surface area contributed by atoms with Crippen LogP contribution in [0.2, 0.25) is 0 Å². The fourth-order valence-corrected chi connectivity index (χ4v) is 2.32. The third-order valence-electron chi connectivity index (χ3n) is 3.48. The van der Waals surface area contributed by atoms with Crippen LogP contribution in [0.5, 0.6) is 5.75 Å². The molecule has 0 atom stereocenters. The quantitative estimate of drug-likeness (QED) is 0.672. The van der Waals surface area contributed by atoms with E-state index in [0.717, 1.165) is 18.4 Å². The number of nitrogens with one attached hydrogen (secondary N) is 1. The van der Waals surface area contributed by atoms with Crippen LogP contribution in [0.25, 0.3) is 0 Å². The third kappa shape index (κ3) is 3.23. The van der Waals surface area contributed by atoms with E-state index in [1.807, 2.05) is 13.1 Å². The highest BCUT2D eigenvalue weighted by Crippen LogP contribution is 2.33. The maximum atomic E-state index is 12.0. The van der Waals surface area contributed by atoms with Gasteiger partial charge in [0.1, 0.15) is 31.3 Å². The number of hydrogen-bond donors (Lipinski definition) is 1. The van der Waals surface area contributed by atoms with Crippen molar-refractivity contribution in [2.24, 2.45) is 0 Å². The highest BCUT2D eigenvalue weighted by molar-refractivity contribution is 5.91. The Labute approximate surface area is 131 Å². The number of nitro groups is 1. The molecule has 23 heavy (non-hydrogen) atoms. The molecule has 1 aromatic carbocycles. The van der Waals surface area contributed by atoms with Gasteiger partial charge < -0.3 is 15.0 Å². The fraction of sp³-hybridized carbons (Fsp3) is 0.286. The molecule has 120 valence electrons. The highest BCUT2D eigenvalue weighted by Gasteiger charge is 2.16. The van der Waals surface area contributed by atoms with Crippen molar-refractivity contribution >= 4 is 23.0 Å². The molecule has 3 rings (SSSR count). The molecule has 1 aromatic heterocycles. The van der Waals surface area contributed by atoms with Crippen LogP contribution in [0.15, 0.2) is 30.6 Å². The number of amides is 1. The number of likely N-dealkylation sites (N-methyl/N-ethyl adjacent to an activating group) is 1. The topological polar surface area (TPSA) is 103 Å². The van der Waals surface area contributed by atoms with Gasteiger partial charge >= 0.3 is 5.69 Å². The molecule has 0 fully saturated rings. The SMILES string of the molecule is CN1CCOc2cc(NC(=O)Cn3cc([N+](=O)[O-])cn3)ccc21. The van der Waals surface area contributed by atoms with Gasteiger partial charge in [-0.1, -0.05) is 0 Å². The molecule has 0 aliphatic carbocycles. The summed E-state index contributed by atoms with van der Waals surface area (Å²) in [5.41, 5.74) is 1.42. The minimum Gasteiger partial charge on any atom is -0.489 e. The Morgan fingerprint density at radius 3 is 3.09 bits per heavy atom. The van der Waals surface area contributed by atoms with Crippen LogP contribution >= 0.6 is 0 Å². The van der Waals surface area contributed by atoms with Crippen molar-refractivity contribution in [2.45, 2.75) is 6.54 Å². The molecule has 0 saturated carbocycles. The van der Waals surface area contributed by atoms with Gasteiger partial charge in [0.15, 0.2) is 0 Å². The largest absolute Gasteiger partial charge is 0.489 e. The number of benzene rings is 1. The van der Waals surface area contributed by atoms with E-state index in [2.05, 4.69) is 15.3 Å². The number of fused-ring (bicyclic) bond motifs is 1. The summed E-state index contributed by atoms with van der Waals surface area (Å²) < 4.78 is 6.80. The Bertz CT molecular complexity index is 757. The maximum Gasteiger partial charge on any atom is 0.307 e. The molecule has 2 aromatic rings. The van der Waals surface area contributed by atoms with E-state index in [1.54, 1.807) is 12.1 Å². The summed E-state index contributed by atoms with van der Waals surface area (Å²) in [6, 6.07) is 5.42. The third-order valence-corrected chi connectivity index (χ3v) is 3.48. The van der Waals surface area contributed by atoms with Crippen LogP contribution in [0.4, 0.5) is 17.1 Å². The van der Waals surface area contributed by atoms with Crippen molar-refractivity contribution < 1.29 is 14.5 Å². The summed E-state index contributed by atoms with van der Waals surface area (Å²) in [5.74, 6) is 0.387. The predicted octanol–water partition coefficient (Wildman–Crippen LogP) is 1.26. The lowest BCUT2D eigenvalue weighted by atomic mass is 10.2. The number of hydrogen-bond acceptors (Lipinski definition) is 6. The Kier molecular flexibility index (Phi) is 3.83. The molecule has 9 heteroatoms. The lowest BCUT2D eigenvalue weighted by molar-refractivity contribution is -0.385. The molecule has 0 bridgehead atoms. The summed E-state index contributed by atoms with van der Waals surface area (Å²) in [6.07, 6.45) is 2.32. The second-order valence-corrected chi connectivity index (χ2v) is 5.15. The van der Waals surface area contributed by atoms with Crippen molar-refractivity contribution in [2.75, 3.05) is 30.4 Å². The lowest BCUT2D eigenvalue weighted by Gasteiger charge is -2.27. The predicted molar refractivity (Wildman–Crippen MR) is 82.7 cm³/mol. The van der Waals surface area contributed by atoms with E-state index in [-0.39, 0.29) is 18.1 Å². The van der Waals surface area contributed by atoms with Crippen molar-refractivity contribution in [3.05, 3.63) is 40.7 Å². The molecule has 0 unspecified atom stereocenters. The Hall–Kier alpha value is -3.10. The zero-order valence-electron chi connectivity index (χ0n) is 12.4. The maximum absolute atomic E-state index is 12.0. The molecule has 0 spiro atoms. The number of rotatable bonds is 4. The molecule has 2 heterocycles. The van der Waals surface area contributed by atoms with E-state index < -0.39 is 4.92 Å². The summed E-state index contributed by atoms with van der Waals surface area (Å²) in [5, 5.41) is 17.1. The van der Waals surface area contributed by atoms with E-state index in [9.17, 15) is 14.9 Å². The van der Waals surface area contributed by atoms with Crippen molar-refractivity contribution in [3.8, 4) is 5.75 Å². The number of carbonyl (C=O) groups excluding carboxylic acids is 1. The standard InChI is InChI=1S/C14H15N5O4/c1-17-4-5-23-13-6-10(2-3-12(13)17)16-14(20)9-18-8-11(7-15-18)19(21)22/h2-3,6-8H,4-5,9H2,1H3,(H,16,20). The Morgan fingerprint density at radius 2 is 2.35 bits per heavy atom. The highest BCUT2D eigenvalue weighted by atomic mass is 16.6. The smallest absolute Gasteiger partial charge is 0.307 e. The molecule has 0 saturated heterocycles.